The third kappa shape index (κ3) is 3.71. The van der Waals surface area contributed by atoms with Crippen LogP contribution in [-0.2, 0) is 25.8 Å². The minimum Gasteiger partial charge on any atom is -0.444 e. The molecular formula is C21H17FN2O5S. The maximum Gasteiger partial charge on any atom is 0.408 e. The second kappa shape index (κ2) is 7.75. The van der Waals surface area contributed by atoms with E-state index in [1.54, 1.807) is 30.5 Å². The van der Waals surface area contributed by atoms with Crippen LogP contribution >= 0.6 is 0 Å². The summed E-state index contributed by atoms with van der Waals surface area (Å²) >= 11 is 0. The number of aromatic amines is 1. The first-order chi connectivity index (χ1) is 14.4. The number of carbonyl (C=O) groups is 2. The van der Waals surface area contributed by atoms with E-state index in [4.69, 9.17) is 4.74 Å². The summed E-state index contributed by atoms with van der Waals surface area (Å²) in [5.74, 6) is 0. The number of amides is 1. The molecule has 0 radical (unpaired) electrons. The van der Waals surface area contributed by atoms with Crippen molar-refractivity contribution >= 4 is 38.9 Å². The van der Waals surface area contributed by atoms with Crippen molar-refractivity contribution in [1.82, 2.24) is 10.3 Å². The third-order valence-electron chi connectivity index (χ3n) is 4.88. The largest absolute Gasteiger partial charge is 0.444 e. The summed E-state index contributed by atoms with van der Waals surface area (Å²) in [4.78, 5) is 26.6. The van der Waals surface area contributed by atoms with E-state index in [9.17, 15) is 22.4 Å². The zero-order chi connectivity index (χ0) is 21.3. The van der Waals surface area contributed by atoms with Crippen molar-refractivity contribution in [2.45, 2.75) is 17.4 Å². The number of fused-ring (bicyclic) bond motifs is 2. The fraction of sp³-hybridized carbons (Fsp3) is 0.143. The van der Waals surface area contributed by atoms with E-state index < -0.39 is 34.6 Å². The van der Waals surface area contributed by atoms with E-state index >= 15 is 0 Å². The predicted molar refractivity (Wildman–Crippen MR) is 108 cm³/mol. The zero-order valence-electron chi connectivity index (χ0n) is 15.6. The third-order valence-corrected chi connectivity index (χ3v) is 6.76. The molecule has 0 fully saturated rings. The number of rotatable bonds is 6. The molecule has 2 N–H and O–H groups in total. The van der Waals surface area contributed by atoms with Gasteiger partial charge in [0.15, 0.2) is 0 Å². The molecule has 0 unspecified atom stereocenters. The number of halogens is 1. The first kappa shape index (κ1) is 19.8. The van der Waals surface area contributed by atoms with Crippen molar-refractivity contribution in [3.63, 3.8) is 0 Å². The van der Waals surface area contributed by atoms with E-state index in [2.05, 4.69) is 10.3 Å². The van der Waals surface area contributed by atoms with Gasteiger partial charge in [0.25, 0.3) is 0 Å². The standard InChI is InChI=1S/C21H17FN2O5S/c22-20(25)18(10-14-11-23-17-7-3-2-6-16(14)17)24-21(26)29-12-15-9-13-5-1-4-8-19(13)30(15,27)28/h1-9,11,18,23H,10,12H2,(H,24,26)/t18-/m0/s1. The molecule has 1 aliphatic rings. The fourth-order valence-electron chi connectivity index (χ4n) is 3.39. The highest BCUT2D eigenvalue weighted by Crippen LogP contribution is 2.32. The number of H-pyrrole nitrogens is 1. The van der Waals surface area contributed by atoms with E-state index in [0.29, 0.717) is 11.1 Å². The van der Waals surface area contributed by atoms with Gasteiger partial charge in [-0.05, 0) is 29.3 Å². The van der Waals surface area contributed by atoms with Gasteiger partial charge < -0.3 is 15.0 Å². The highest BCUT2D eigenvalue weighted by molar-refractivity contribution is 7.95. The van der Waals surface area contributed by atoms with Crippen molar-refractivity contribution < 1.29 is 27.1 Å². The Labute approximate surface area is 171 Å². The number of aromatic nitrogens is 1. The van der Waals surface area contributed by atoms with Crippen molar-refractivity contribution in [3.8, 4) is 0 Å². The first-order valence-electron chi connectivity index (χ1n) is 9.08. The number of hydrogen-bond donors (Lipinski definition) is 2. The molecule has 0 saturated carbocycles. The Morgan fingerprint density at radius 1 is 1.10 bits per heavy atom. The Kier molecular flexibility index (Phi) is 5.13. The summed E-state index contributed by atoms with van der Waals surface area (Å²) in [6.07, 6.45) is 1.89. The molecule has 0 bridgehead atoms. The molecule has 154 valence electrons. The Bertz CT molecular complexity index is 1280. The molecule has 1 aromatic heterocycles. The van der Waals surface area contributed by atoms with Crippen LogP contribution in [0.4, 0.5) is 9.18 Å². The zero-order valence-corrected chi connectivity index (χ0v) is 16.4. The molecule has 0 aliphatic carbocycles. The molecule has 9 heteroatoms. The summed E-state index contributed by atoms with van der Waals surface area (Å²) in [6, 6.07) is 10.5. The fourth-order valence-corrected chi connectivity index (χ4v) is 4.86. The number of alkyl carbamates (subject to hydrolysis) is 1. The van der Waals surface area contributed by atoms with Crippen molar-refractivity contribution in [2.24, 2.45) is 0 Å². The van der Waals surface area contributed by atoms with Gasteiger partial charge in [0.2, 0.25) is 9.84 Å². The van der Waals surface area contributed by atoms with E-state index in [1.165, 1.54) is 12.1 Å². The van der Waals surface area contributed by atoms with Gasteiger partial charge in [0.1, 0.15) is 12.6 Å². The maximum atomic E-state index is 13.5. The van der Waals surface area contributed by atoms with Crippen LogP contribution in [0.5, 0.6) is 0 Å². The molecular weight excluding hydrogens is 411 g/mol. The molecule has 1 aliphatic heterocycles. The van der Waals surface area contributed by atoms with Gasteiger partial charge in [-0.2, -0.15) is 4.39 Å². The van der Waals surface area contributed by atoms with Crippen LogP contribution in [0, 0.1) is 0 Å². The van der Waals surface area contributed by atoms with Gasteiger partial charge >= 0.3 is 12.1 Å². The Hall–Kier alpha value is -3.46. The molecule has 0 saturated heterocycles. The Morgan fingerprint density at radius 2 is 1.83 bits per heavy atom. The number of hydrogen-bond acceptors (Lipinski definition) is 5. The second-order valence-electron chi connectivity index (χ2n) is 6.79. The molecule has 30 heavy (non-hydrogen) atoms. The first-order valence-corrected chi connectivity index (χ1v) is 10.6. The lowest BCUT2D eigenvalue weighted by Crippen LogP contribution is -2.41. The SMILES string of the molecule is O=C(N[C@@H](Cc1c[nH]c2ccccc12)C(=O)F)OCC1=Cc2ccccc2S1(=O)=O. The van der Waals surface area contributed by atoms with E-state index in [0.717, 1.165) is 10.9 Å². The smallest absolute Gasteiger partial charge is 0.408 e. The minimum atomic E-state index is -3.74. The highest BCUT2D eigenvalue weighted by atomic mass is 32.2. The molecule has 2 heterocycles. The number of ether oxygens (including phenoxy) is 1. The molecule has 2 aromatic carbocycles. The van der Waals surface area contributed by atoms with E-state index in [1.807, 2.05) is 18.2 Å². The number of carbonyl (C=O) groups excluding carboxylic acids is 2. The van der Waals surface area contributed by atoms with Gasteiger partial charge in [0.05, 0.1) is 9.80 Å². The van der Waals surface area contributed by atoms with Crippen LogP contribution in [0.25, 0.3) is 17.0 Å². The summed E-state index contributed by atoms with van der Waals surface area (Å²) in [5, 5.41) is 2.97. The van der Waals surface area contributed by atoms with Crippen LogP contribution in [0.2, 0.25) is 0 Å². The Balaban J connectivity index is 1.42. The predicted octanol–water partition coefficient (Wildman–Crippen LogP) is 3.13. The second-order valence-corrected chi connectivity index (χ2v) is 8.76. The normalized spacial score (nSPS) is 15.3. The minimum absolute atomic E-state index is 0.0825. The highest BCUT2D eigenvalue weighted by Gasteiger charge is 2.30. The summed E-state index contributed by atoms with van der Waals surface area (Å²) in [6.45, 7) is -0.525. The van der Waals surface area contributed by atoms with Gasteiger partial charge in [-0.1, -0.05) is 36.4 Å². The van der Waals surface area contributed by atoms with Crippen molar-refractivity contribution in [3.05, 3.63) is 70.8 Å². The average Bonchev–Trinajstić information content (AvgIpc) is 3.24. The Morgan fingerprint density at radius 3 is 2.60 bits per heavy atom. The lowest BCUT2D eigenvalue weighted by molar-refractivity contribution is -0.131. The average molecular weight is 428 g/mol. The van der Waals surface area contributed by atoms with Crippen LogP contribution < -0.4 is 5.32 Å². The molecule has 3 aromatic rings. The lowest BCUT2D eigenvalue weighted by Gasteiger charge is -2.14. The number of nitrogens with one attached hydrogen (secondary N) is 2. The van der Waals surface area contributed by atoms with Gasteiger partial charge in [-0.25, -0.2) is 13.2 Å². The van der Waals surface area contributed by atoms with Crippen LogP contribution in [-0.4, -0.2) is 38.2 Å². The van der Waals surface area contributed by atoms with Crippen molar-refractivity contribution in [2.75, 3.05) is 6.61 Å². The quantitative estimate of drug-likeness (QED) is 0.587. The maximum absolute atomic E-state index is 13.5. The lowest BCUT2D eigenvalue weighted by atomic mass is 10.1. The van der Waals surface area contributed by atoms with Gasteiger partial charge in [-0.3, -0.25) is 4.79 Å². The van der Waals surface area contributed by atoms with Crippen molar-refractivity contribution in [1.29, 1.82) is 0 Å². The topological polar surface area (TPSA) is 105 Å². The van der Waals surface area contributed by atoms with Crippen LogP contribution in [0.3, 0.4) is 0 Å². The van der Waals surface area contributed by atoms with Crippen LogP contribution in [0.15, 0.2) is 64.5 Å². The van der Waals surface area contributed by atoms with Crippen LogP contribution in [0.1, 0.15) is 11.1 Å². The summed E-state index contributed by atoms with van der Waals surface area (Å²) in [5.41, 5.74) is 1.98. The van der Waals surface area contributed by atoms with Gasteiger partial charge in [-0.15, -0.1) is 0 Å². The molecule has 7 nitrogen and oxygen atoms in total. The molecule has 0 spiro atoms. The summed E-state index contributed by atoms with van der Waals surface area (Å²) < 4.78 is 43.4. The van der Waals surface area contributed by atoms with Gasteiger partial charge in [0, 0.05) is 23.5 Å². The monoisotopic (exact) mass is 428 g/mol. The number of benzene rings is 2. The molecule has 1 amide bonds. The number of para-hydroxylation sites is 1. The summed E-state index contributed by atoms with van der Waals surface area (Å²) in [7, 11) is -3.74. The number of sulfone groups is 1. The molecule has 1 atom stereocenters. The van der Waals surface area contributed by atoms with E-state index in [-0.39, 0.29) is 16.2 Å². The molecule has 4 rings (SSSR count).